The molecule has 0 saturated carbocycles. The first-order chi connectivity index (χ1) is 14.5. The highest BCUT2D eigenvalue weighted by Crippen LogP contribution is 2.29. The van der Waals surface area contributed by atoms with E-state index in [1.54, 1.807) is 17.0 Å². The number of nitrogens with one attached hydrogen (secondary N) is 1. The van der Waals surface area contributed by atoms with Gasteiger partial charge in [-0.15, -0.1) is 0 Å². The Labute approximate surface area is 182 Å². The maximum absolute atomic E-state index is 12.7. The van der Waals surface area contributed by atoms with Crippen molar-refractivity contribution >= 4 is 27.8 Å². The zero-order chi connectivity index (χ0) is 21.1. The number of amides is 2. The number of nitriles is 1. The molecule has 1 unspecified atom stereocenters. The average Bonchev–Trinajstić information content (AvgIpc) is 3.44. The van der Waals surface area contributed by atoms with E-state index in [4.69, 9.17) is 8.83 Å². The van der Waals surface area contributed by atoms with Gasteiger partial charge in [0, 0.05) is 30.7 Å². The molecule has 154 valence electrons. The van der Waals surface area contributed by atoms with E-state index < -0.39 is 0 Å². The van der Waals surface area contributed by atoms with Crippen molar-refractivity contribution in [3.05, 3.63) is 58.4 Å². The van der Waals surface area contributed by atoms with Crippen molar-refractivity contribution < 1.29 is 13.6 Å². The van der Waals surface area contributed by atoms with Crippen LogP contribution in [-0.4, -0.2) is 42.1 Å². The predicted octanol–water partition coefficient (Wildman–Crippen LogP) is 4.16. The second-order valence-corrected chi connectivity index (χ2v) is 7.87. The van der Waals surface area contributed by atoms with Crippen LogP contribution in [0.15, 0.2) is 56.0 Å². The summed E-state index contributed by atoms with van der Waals surface area (Å²) in [5, 5.41) is 12.5. The Morgan fingerprint density at radius 2 is 1.97 bits per heavy atom. The largest absolute Gasteiger partial charge is 0.459 e. The van der Waals surface area contributed by atoms with Crippen LogP contribution in [0.4, 0.5) is 10.7 Å². The lowest BCUT2D eigenvalue weighted by molar-refractivity contribution is 0.190. The zero-order valence-corrected chi connectivity index (χ0v) is 17.9. The number of urea groups is 1. The summed E-state index contributed by atoms with van der Waals surface area (Å²) in [6.07, 6.45) is 1.53. The quantitative estimate of drug-likeness (QED) is 0.615. The van der Waals surface area contributed by atoms with Gasteiger partial charge in [-0.25, -0.2) is 4.79 Å². The molecule has 0 bridgehead atoms. The van der Waals surface area contributed by atoms with Gasteiger partial charge in [-0.2, -0.15) is 10.2 Å². The van der Waals surface area contributed by atoms with Crippen LogP contribution in [0.5, 0.6) is 0 Å². The number of oxazole rings is 1. The molecule has 3 heterocycles. The number of piperazine rings is 1. The molecule has 0 spiro atoms. The van der Waals surface area contributed by atoms with Gasteiger partial charge < -0.3 is 24.0 Å². The minimum absolute atomic E-state index is 0.0982. The third-order valence-electron chi connectivity index (χ3n) is 5.01. The molecule has 0 radical (unpaired) electrons. The molecule has 1 atom stereocenters. The van der Waals surface area contributed by atoms with Crippen LogP contribution in [0.25, 0.3) is 11.7 Å². The van der Waals surface area contributed by atoms with Gasteiger partial charge in [0.25, 0.3) is 5.89 Å². The molecule has 3 aromatic rings. The van der Waals surface area contributed by atoms with Gasteiger partial charge in [-0.1, -0.05) is 28.1 Å². The number of benzene rings is 1. The number of nitrogens with zero attached hydrogens (tertiary/aromatic N) is 4. The highest BCUT2D eigenvalue weighted by Gasteiger charge is 2.27. The zero-order valence-electron chi connectivity index (χ0n) is 16.3. The number of anilines is 1. The van der Waals surface area contributed by atoms with Gasteiger partial charge in [0.15, 0.2) is 5.76 Å². The highest BCUT2D eigenvalue weighted by molar-refractivity contribution is 9.10. The Bertz CT molecular complexity index is 1050. The smallest absolute Gasteiger partial charge is 0.317 e. The number of carbonyl (C=O) groups excluding carboxylic acids is 1. The molecule has 1 aliphatic heterocycles. The summed E-state index contributed by atoms with van der Waals surface area (Å²) < 4.78 is 12.1. The molecular weight excluding hydrogens is 450 g/mol. The minimum atomic E-state index is -0.112. The number of halogens is 1. The number of carbonyl (C=O) groups is 1. The van der Waals surface area contributed by atoms with Crippen LogP contribution in [0.3, 0.4) is 0 Å². The van der Waals surface area contributed by atoms with E-state index in [1.807, 2.05) is 36.1 Å². The Hall–Kier alpha value is -3.25. The number of hydrogen-bond donors (Lipinski definition) is 1. The molecule has 4 rings (SSSR count). The van der Waals surface area contributed by atoms with Crippen LogP contribution in [0.2, 0.25) is 0 Å². The Balaban J connectivity index is 1.37. The van der Waals surface area contributed by atoms with Crippen molar-refractivity contribution in [2.75, 3.05) is 31.1 Å². The van der Waals surface area contributed by atoms with Crippen LogP contribution in [-0.2, 0) is 0 Å². The lowest BCUT2D eigenvalue weighted by Crippen LogP contribution is -2.52. The molecule has 1 aromatic carbocycles. The third-order valence-corrected chi connectivity index (χ3v) is 5.54. The summed E-state index contributed by atoms with van der Waals surface area (Å²) in [5.74, 6) is 1.15. The molecule has 1 N–H and O–H groups in total. The Morgan fingerprint density at radius 1 is 1.23 bits per heavy atom. The SMILES string of the molecule is CC(NC(=O)N1CCN(c2oc(-c3ccco3)nc2C#N)CC1)c1ccc(Br)cc1. The molecule has 8 nitrogen and oxygen atoms in total. The molecule has 2 amide bonds. The van der Waals surface area contributed by atoms with Gasteiger partial charge in [-0.3, -0.25) is 0 Å². The van der Waals surface area contributed by atoms with Crippen LogP contribution >= 0.6 is 15.9 Å². The molecular formula is C21H20BrN5O3. The first kappa shape index (κ1) is 20.0. The predicted molar refractivity (Wildman–Crippen MR) is 114 cm³/mol. The highest BCUT2D eigenvalue weighted by atomic mass is 79.9. The first-order valence-corrected chi connectivity index (χ1v) is 10.3. The Morgan fingerprint density at radius 3 is 2.60 bits per heavy atom. The van der Waals surface area contributed by atoms with Crippen molar-refractivity contribution in [3.8, 4) is 17.7 Å². The summed E-state index contributed by atoms with van der Waals surface area (Å²) in [7, 11) is 0. The van der Waals surface area contributed by atoms with E-state index in [1.165, 1.54) is 6.26 Å². The molecule has 1 saturated heterocycles. The third kappa shape index (κ3) is 4.19. The van der Waals surface area contributed by atoms with E-state index in [9.17, 15) is 10.1 Å². The number of rotatable bonds is 4. The van der Waals surface area contributed by atoms with E-state index in [0.29, 0.717) is 37.8 Å². The monoisotopic (exact) mass is 469 g/mol. The van der Waals surface area contributed by atoms with Gasteiger partial charge in [-0.05, 0) is 36.8 Å². The molecule has 2 aromatic heterocycles. The van der Waals surface area contributed by atoms with Crippen molar-refractivity contribution in [1.29, 1.82) is 5.26 Å². The van der Waals surface area contributed by atoms with Gasteiger partial charge in [0.05, 0.1) is 12.3 Å². The van der Waals surface area contributed by atoms with Gasteiger partial charge in [0.1, 0.15) is 6.07 Å². The summed E-state index contributed by atoms with van der Waals surface area (Å²) >= 11 is 3.42. The molecule has 0 aliphatic carbocycles. The lowest BCUT2D eigenvalue weighted by Gasteiger charge is -2.35. The summed E-state index contributed by atoms with van der Waals surface area (Å²) in [5.41, 5.74) is 1.25. The first-order valence-electron chi connectivity index (χ1n) is 9.56. The molecule has 30 heavy (non-hydrogen) atoms. The van der Waals surface area contributed by atoms with Crippen molar-refractivity contribution in [3.63, 3.8) is 0 Å². The van der Waals surface area contributed by atoms with E-state index >= 15 is 0 Å². The number of furan rings is 1. The number of hydrogen-bond acceptors (Lipinski definition) is 6. The van der Waals surface area contributed by atoms with Crippen LogP contribution in [0.1, 0.15) is 24.2 Å². The van der Waals surface area contributed by atoms with Gasteiger partial charge in [0.2, 0.25) is 11.6 Å². The molecule has 1 fully saturated rings. The lowest BCUT2D eigenvalue weighted by atomic mass is 10.1. The summed E-state index contributed by atoms with van der Waals surface area (Å²) in [4.78, 5) is 20.6. The van der Waals surface area contributed by atoms with Crippen molar-refractivity contribution in [2.24, 2.45) is 0 Å². The summed E-state index contributed by atoms with van der Waals surface area (Å²) in [6.45, 7) is 4.07. The second kappa shape index (κ2) is 8.63. The van der Waals surface area contributed by atoms with Gasteiger partial charge >= 0.3 is 6.03 Å². The second-order valence-electron chi connectivity index (χ2n) is 6.96. The normalized spacial score (nSPS) is 15.0. The maximum Gasteiger partial charge on any atom is 0.317 e. The van der Waals surface area contributed by atoms with Crippen LogP contribution < -0.4 is 10.2 Å². The summed E-state index contributed by atoms with van der Waals surface area (Å²) in [6, 6.07) is 13.2. The van der Waals surface area contributed by atoms with E-state index in [-0.39, 0.29) is 23.7 Å². The minimum Gasteiger partial charge on any atom is -0.459 e. The maximum atomic E-state index is 12.7. The molecule has 9 heteroatoms. The topological polar surface area (TPSA) is 98.5 Å². The fraction of sp³-hybridized carbons (Fsp3) is 0.286. The fourth-order valence-electron chi connectivity index (χ4n) is 3.33. The standard InChI is InChI=1S/C21H20BrN5O3/c1-14(15-4-6-16(22)7-5-15)24-21(28)27-10-8-26(9-11-27)20-17(13-23)25-19(30-20)18-3-2-12-29-18/h2-7,12,14H,8-11H2,1H3,(H,24,28). The fourth-order valence-corrected chi connectivity index (χ4v) is 3.59. The van der Waals surface area contributed by atoms with E-state index in [0.717, 1.165) is 10.0 Å². The molecule has 1 aliphatic rings. The van der Waals surface area contributed by atoms with Crippen molar-refractivity contribution in [1.82, 2.24) is 15.2 Å². The van der Waals surface area contributed by atoms with Crippen molar-refractivity contribution in [2.45, 2.75) is 13.0 Å². The average molecular weight is 470 g/mol. The van der Waals surface area contributed by atoms with E-state index in [2.05, 4.69) is 32.3 Å². The van der Waals surface area contributed by atoms with Crippen LogP contribution in [0, 0.1) is 11.3 Å². The Kier molecular flexibility index (Phi) is 5.77. The number of aromatic nitrogens is 1.